The van der Waals surface area contributed by atoms with Crippen LogP contribution in [-0.4, -0.2) is 44.0 Å². The fourth-order valence-electron chi connectivity index (χ4n) is 2.82. The number of methoxy groups -OCH3 is 1. The molecule has 1 unspecified atom stereocenters. The van der Waals surface area contributed by atoms with Crippen LogP contribution in [0.1, 0.15) is 22.3 Å². The molecular formula is C18H21N3O4S. The van der Waals surface area contributed by atoms with Crippen molar-refractivity contribution in [2.75, 3.05) is 23.9 Å². The van der Waals surface area contributed by atoms with E-state index in [1.165, 1.54) is 6.20 Å². The highest BCUT2D eigenvalue weighted by atomic mass is 32.2. The number of aromatic nitrogens is 1. The minimum absolute atomic E-state index is 0.112. The number of hydrogen-bond donors (Lipinski definition) is 2. The molecule has 0 spiro atoms. The number of ether oxygens (including phenoxy) is 1. The van der Waals surface area contributed by atoms with E-state index < -0.39 is 9.84 Å². The van der Waals surface area contributed by atoms with Crippen molar-refractivity contribution in [3.63, 3.8) is 0 Å². The molecule has 1 saturated heterocycles. The highest BCUT2D eigenvalue weighted by Gasteiger charge is 2.27. The summed E-state index contributed by atoms with van der Waals surface area (Å²) in [6.07, 6.45) is 3.64. The number of anilines is 1. The van der Waals surface area contributed by atoms with Crippen LogP contribution in [0.5, 0.6) is 5.75 Å². The van der Waals surface area contributed by atoms with E-state index in [-0.39, 0.29) is 23.5 Å². The first kappa shape index (κ1) is 18.2. The van der Waals surface area contributed by atoms with Gasteiger partial charge in [-0.15, -0.1) is 0 Å². The monoisotopic (exact) mass is 375 g/mol. The van der Waals surface area contributed by atoms with E-state index in [2.05, 4.69) is 15.6 Å². The number of carbonyl (C=O) groups is 1. The van der Waals surface area contributed by atoms with Gasteiger partial charge in [-0.2, -0.15) is 0 Å². The zero-order chi connectivity index (χ0) is 18.6. The molecule has 8 heteroatoms. The number of hydrogen-bond acceptors (Lipinski definition) is 6. The molecule has 1 aliphatic rings. The number of nitrogens with zero attached hydrogens (tertiary/aromatic N) is 1. The second kappa shape index (κ2) is 7.74. The zero-order valence-electron chi connectivity index (χ0n) is 14.4. The first-order valence-electron chi connectivity index (χ1n) is 8.28. The molecule has 2 heterocycles. The number of benzene rings is 1. The Hall–Kier alpha value is -2.61. The van der Waals surface area contributed by atoms with Crippen LogP contribution in [0, 0.1) is 0 Å². The molecule has 1 atom stereocenters. The molecule has 2 aromatic rings. The van der Waals surface area contributed by atoms with Crippen molar-refractivity contribution in [2.24, 2.45) is 0 Å². The Kier molecular flexibility index (Phi) is 5.41. The summed E-state index contributed by atoms with van der Waals surface area (Å²) in [6, 6.07) is 8.99. The maximum absolute atomic E-state index is 12.3. The average Bonchev–Trinajstić information content (AvgIpc) is 2.98. The predicted molar refractivity (Wildman–Crippen MR) is 99.1 cm³/mol. The topological polar surface area (TPSA) is 97.4 Å². The SMILES string of the molecule is COc1ccc(CNC(=O)c2cncc(NC3CCS(=O)(=O)C3)c2)cc1. The molecule has 1 aliphatic heterocycles. The summed E-state index contributed by atoms with van der Waals surface area (Å²) >= 11 is 0. The molecule has 0 aliphatic carbocycles. The van der Waals surface area contributed by atoms with Crippen molar-refractivity contribution < 1.29 is 17.9 Å². The lowest BCUT2D eigenvalue weighted by atomic mass is 10.2. The van der Waals surface area contributed by atoms with Crippen LogP contribution in [0.15, 0.2) is 42.7 Å². The third-order valence-corrected chi connectivity index (χ3v) is 5.98. The summed E-state index contributed by atoms with van der Waals surface area (Å²) in [5, 5.41) is 5.99. The van der Waals surface area contributed by atoms with E-state index in [0.29, 0.717) is 24.2 Å². The first-order chi connectivity index (χ1) is 12.4. The quantitative estimate of drug-likeness (QED) is 0.796. The van der Waals surface area contributed by atoms with E-state index in [9.17, 15) is 13.2 Å². The van der Waals surface area contributed by atoms with Crippen LogP contribution in [0.4, 0.5) is 5.69 Å². The number of amides is 1. The smallest absolute Gasteiger partial charge is 0.253 e. The van der Waals surface area contributed by atoms with Crippen LogP contribution in [0.25, 0.3) is 0 Å². The van der Waals surface area contributed by atoms with Gasteiger partial charge in [0.05, 0.1) is 29.9 Å². The minimum atomic E-state index is -2.96. The van der Waals surface area contributed by atoms with Crippen LogP contribution < -0.4 is 15.4 Å². The Bertz CT molecular complexity index is 882. The molecule has 138 valence electrons. The van der Waals surface area contributed by atoms with Gasteiger partial charge in [0.2, 0.25) is 0 Å². The predicted octanol–water partition coefficient (Wildman–Crippen LogP) is 1.62. The second-order valence-electron chi connectivity index (χ2n) is 6.24. The Labute approximate surface area is 152 Å². The Morgan fingerprint density at radius 1 is 1.27 bits per heavy atom. The number of sulfone groups is 1. The van der Waals surface area contributed by atoms with E-state index in [4.69, 9.17) is 4.74 Å². The van der Waals surface area contributed by atoms with Gasteiger partial charge in [0.1, 0.15) is 5.75 Å². The first-order valence-corrected chi connectivity index (χ1v) is 10.1. The highest BCUT2D eigenvalue weighted by molar-refractivity contribution is 7.91. The summed E-state index contributed by atoms with van der Waals surface area (Å²) in [5.74, 6) is 0.828. The van der Waals surface area contributed by atoms with Gasteiger partial charge in [0, 0.05) is 25.0 Å². The van der Waals surface area contributed by atoms with Crippen molar-refractivity contribution in [1.29, 1.82) is 0 Å². The summed E-state index contributed by atoms with van der Waals surface area (Å²) < 4.78 is 28.2. The molecule has 7 nitrogen and oxygen atoms in total. The summed E-state index contributed by atoms with van der Waals surface area (Å²) in [5.41, 5.74) is 2.02. The van der Waals surface area contributed by atoms with Crippen molar-refractivity contribution in [1.82, 2.24) is 10.3 Å². The molecule has 0 saturated carbocycles. The minimum Gasteiger partial charge on any atom is -0.497 e. The summed E-state index contributed by atoms with van der Waals surface area (Å²) in [6.45, 7) is 0.390. The van der Waals surface area contributed by atoms with Crippen molar-refractivity contribution >= 4 is 21.4 Å². The molecule has 26 heavy (non-hydrogen) atoms. The third kappa shape index (κ3) is 4.72. The molecule has 1 amide bonds. The van der Waals surface area contributed by atoms with Gasteiger partial charge in [-0.25, -0.2) is 8.42 Å². The van der Waals surface area contributed by atoms with E-state index in [1.54, 1.807) is 19.4 Å². The summed E-state index contributed by atoms with van der Waals surface area (Å²) in [7, 11) is -1.35. The molecule has 1 aromatic heterocycles. The van der Waals surface area contributed by atoms with Crippen molar-refractivity contribution in [3.05, 3.63) is 53.9 Å². The fraction of sp³-hybridized carbons (Fsp3) is 0.333. The standard InChI is InChI=1S/C18H21N3O4S/c1-25-17-4-2-13(3-5-17)9-20-18(22)14-8-16(11-19-10-14)21-15-6-7-26(23,24)12-15/h2-5,8,10-11,15,21H,6-7,9,12H2,1H3,(H,20,22). The Morgan fingerprint density at radius 2 is 2.04 bits per heavy atom. The number of nitrogens with one attached hydrogen (secondary N) is 2. The van der Waals surface area contributed by atoms with E-state index in [1.807, 2.05) is 24.3 Å². The molecular weight excluding hydrogens is 354 g/mol. The van der Waals surface area contributed by atoms with Gasteiger partial charge >= 0.3 is 0 Å². The third-order valence-electron chi connectivity index (χ3n) is 4.22. The van der Waals surface area contributed by atoms with Gasteiger partial charge in [-0.05, 0) is 30.2 Å². The second-order valence-corrected chi connectivity index (χ2v) is 8.47. The van der Waals surface area contributed by atoms with Crippen LogP contribution in [0.2, 0.25) is 0 Å². The average molecular weight is 375 g/mol. The largest absolute Gasteiger partial charge is 0.497 e. The number of rotatable bonds is 6. The lowest BCUT2D eigenvalue weighted by Gasteiger charge is -2.13. The maximum atomic E-state index is 12.3. The Morgan fingerprint density at radius 3 is 2.69 bits per heavy atom. The van der Waals surface area contributed by atoms with E-state index in [0.717, 1.165) is 11.3 Å². The van der Waals surface area contributed by atoms with Crippen LogP contribution in [-0.2, 0) is 16.4 Å². The van der Waals surface area contributed by atoms with Crippen LogP contribution in [0.3, 0.4) is 0 Å². The maximum Gasteiger partial charge on any atom is 0.253 e. The van der Waals surface area contributed by atoms with Crippen molar-refractivity contribution in [2.45, 2.75) is 19.0 Å². The van der Waals surface area contributed by atoms with E-state index >= 15 is 0 Å². The molecule has 2 N–H and O–H groups in total. The number of carbonyl (C=O) groups excluding carboxylic acids is 1. The lowest BCUT2D eigenvalue weighted by Crippen LogP contribution is -2.24. The molecule has 1 aromatic carbocycles. The number of pyridine rings is 1. The molecule has 0 radical (unpaired) electrons. The van der Waals surface area contributed by atoms with Gasteiger partial charge in [0.15, 0.2) is 9.84 Å². The fourth-order valence-corrected chi connectivity index (χ4v) is 4.49. The highest BCUT2D eigenvalue weighted by Crippen LogP contribution is 2.18. The van der Waals surface area contributed by atoms with Gasteiger partial charge in [-0.1, -0.05) is 12.1 Å². The van der Waals surface area contributed by atoms with Gasteiger partial charge in [0.25, 0.3) is 5.91 Å². The van der Waals surface area contributed by atoms with Gasteiger partial charge in [-0.3, -0.25) is 9.78 Å². The zero-order valence-corrected chi connectivity index (χ0v) is 15.3. The van der Waals surface area contributed by atoms with Gasteiger partial charge < -0.3 is 15.4 Å². The van der Waals surface area contributed by atoms with Crippen LogP contribution >= 0.6 is 0 Å². The molecule has 1 fully saturated rings. The summed E-state index contributed by atoms with van der Waals surface area (Å²) in [4.78, 5) is 16.4. The molecule has 0 bridgehead atoms. The van der Waals surface area contributed by atoms with Crippen molar-refractivity contribution in [3.8, 4) is 5.75 Å². The normalized spacial score (nSPS) is 18.3. The molecule has 3 rings (SSSR count). The Balaban J connectivity index is 1.59. The lowest BCUT2D eigenvalue weighted by molar-refractivity contribution is 0.0950.